The number of rotatable bonds is 3. The Labute approximate surface area is 125 Å². The van der Waals surface area contributed by atoms with Crippen LogP contribution in [0.15, 0.2) is 29.4 Å². The van der Waals surface area contributed by atoms with Gasteiger partial charge in [-0.2, -0.15) is 9.50 Å². The van der Waals surface area contributed by atoms with Crippen molar-refractivity contribution < 1.29 is 4.79 Å². The molecule has 21 heavy (non-hydrogen) atoms. The smallest absolute Gasteiger partial charge is 0.272 e. The van der Waals surface area contributed by atoms with Crippen LogP contribution < -0.4 is 0 Å². The average molecular weight is 299 g/mol. The summed E-state index contributed by atoms with van der Waals surface area (Å²) < 4.78 is 1.56. The van der Waals surface area contributed by atoms with Crippen LogP contribution in [0.2, 0.25) is 0 Å². The van der Waals surface area contributed by atoms with Crippen LogP contribution in [-0.2, 0) is 0 Å². The van der Waals surface area contributed by atoms with Gasteiger partial charge in [-0.3, -0.25) is 4.79 Å². The van der Waals surface area contributed by atoms with E-state index in [0.29, 0.717) is 27.9 Å². The molecular formula is C14H13N5OS. The number of benzene rings is 1. The molecule has 0 saturated heterocycles. The average Bonchev–Trinajstić information content (AvgIpc) is 2.92. The molecule has 0 saturated carbocycles. The summed E-state index contributed by atoms with van der Waals surface area (Å²) in [5, 5.41) is 12.9. The van der Waals surface area contributed by atoms with Gasteiger partial charge in [0.25, 0.3) is 5.78 Å². The molecule has 0 amide bonds. The van der Waals surface area contributed by atoms with Gasteiger partial charge in [0.2, 0.25) is 10.9 Å². The number of fused-ring (bicyclic) bond motifs is 1. The lowest BCUT2D eigenvalue weighted by molar-refractivity contribution is 0.103. The fraction of sp³-hybridized carbons (Fsp3) is 0.214. The predicted octanol–water partition coefficient (Wildman–Crippen LogP) is 2.09. The van der Waals surface area contributed by atoms with E-state index in [1.165, 1.54) is 11.8 Å². The van der Waals surface area contributed by atoms with Gasteiger partial charge < -0.3 is 0 Å². The van der Waals surface area contributed by atoms with Gasteiger partial charge in [-0.25, -0.2) is 0 Å². The Morgan fingerprint density at radius 3 is 2.52 bits per heavy atom. The summed E-state index contributed by atoms with van der Waals surface area (Å²) in [6, 6.07) is 7.38. The van der Waals surface area contributed by atoms with Gasteiger partial charge >= 0.3 is 0 Å². The highest BCUT2D eigenvalue weighted by molar-refractivity contribution is 7.98. The van der Waals surface area contributed by atoms with Gasteiger partial charge in [0.15, 0.2) is 5.69 Å². The number of nitrogens with zero attached hydrogens (tertiary/aromatic N) is 5. The quantitative estimate of drug-likeness (QED) is 0.544. The van der Waals surface area contributed by atoms with Crippen LogP contribution in [0, 0.1) is 13.8 Å². The van der Waals surface area contributed by atoms with E-state index < -0.39 is 0 Å². The van der Waals surface area contributed by atoms with Gasteiger partial charge in [-0.05, 0) is 20.1 Å². The lowest BCUT2D eigenvalue weighted by atomic mass is 10.1. The maximum Gasteiger partial charge on any atom is 0.272 e. The third-order valence-electron chi connectivity index (χ3n) is 3.18. The second kappa shape index (κ2) is 5.25. The number of aromatic nitrogens is 5. The molecule has 0 bridgehead atoms. The van der Waals surface area contributed by atoms with Gasteiger partial charge in [-0.15, -0.1) is 15.3 Å². The lowest BCUT2D eigenvalue weighted by Crippen LogP contribution is -2.12. The molecule has 0 radical (unpaired) electrons. The summed E-state index contributed by atoms with van der Waals surface area (Å²) in [6.07, 6.45) is 1.88. The first kappa shape index (κ1) is 13.7. The molecule has 106 valence electrons. The molecule has 0 aliphatic carbocycles. The van der Waals surface area contributed by atoms with Crippen LogP contribution in [0.5, 0.6) is 0 Å². The maximum absolute atomic E-state index is 12.5. The molecule has 3 aromatic rings. The van der Waals surface area contributed by atoms with E-state index in [-0.39, 0.29) is 5.78 Å². The number of hydrogen-bond donors (Lipinski definition) is 0. The largest absolute Gasteiger partial charge is 0.287 e. The molecule has 0 aliphatic heterocycles. The van der Waals surface area contributed by atoms with Crippen LogP contribution in [0.4, 0.5) is 0 Å². The minimum atomic E-state index is -0.164. The Balaban J connectivity index is 2.09. The van der Waals surface area contributed by atoms with E-state index in [0.717, 1.165) is 5.56 Å². The highest BCUT2D eigenvalue weighted by Gasteiger charge is 2.18. The SMILES string of the molecule is CSc1nc2nnc(C(=O)c3ccc(C)cc3)c(C)n2n1. The van der Waals surface area contributed by atoms with Crippen molar-refractivity contribution in [3.63, 3.8) is 0 Å². The van der Waals surface area contributed by atoms with Crippen molar-refractivity contribution in [1.29, 1.82) is 0 Å². The Bertz CT molecular complexity index is 825. The second-order valence-corrected chi connectivity index (χ2v) is 5.41. The Kier molecular flexibility index (Phi) is 3.42. The minimum absolute atomic E-state index is 0.164. The van der Waals surface area contributed by atoms with Gasteiger partial charge in [0.1, 0.15) is 0 Å². The van der Waals surface area contributed by atoms with Crippen molar-refractivity contribution in [1.82, 2.24) is 24.8 Å². The zero-order chi connectivity index (χ0) is 15.0. The minimum Gasteiger partial charge on any atom is -0.287 e. The summed E-state index contributed by atoms with van der Waals surface area (Å²) >= 11 is 1.42. The monoisotopic (exact) mass is 299 g/mol. The van der Waals surface area contributed by atoms with Crippen molar-refractivity contribution in [3.05, 3.63) is 46.8 Å². The van der Waals surface area contributed by atoms with Crippen LogP contribution >= 0.6 is 11.8 Å². The van der Waals surface area contributed by atoms with Crippen molar-refractivity contribution >= 4 is 23.3 Å². The highest BCUT2D eigenvalue weighted by Crippen LogP contribution is 2.15. The lowest BCUT2D eigenvalue weighted by Gasteiger charge is -2.04. The molecule has 0 unspecified atom stereocenters. The van der Waals surface area contributed by atoms with Crippen molar-refractivity contribution in [3.8, 4) is 0 Å². The molecule has 2 heterocycles. The standard InChI is InChI=1S/C14H13N5OS/c1-8-4-6-10(7-5-8)12(20)11-9(2)19-13(17-16-11)15-14(18-19)21-3/h4-7H,1-3H3. The molecule has 6 nitrogen and oxygen atoms in total. The zero-order valence-electron chi connectivity index (χ0n) is 11.9. The summed E-state index contributed by atoms with van der Waals surface area (Å²) in [5.74, 6) is 0.236. The van der Waals surface area contributed by atoms with Crippen molar-refractivity contribution in [2.24, 2.45) is 0 Å². The van der Waals surface area contributed by atoms with Gasteiger partial charge in [-0.1, -0.05) is 41.6 Å². The van der Waals surface area contributed by atoms with Crippen molar-refractivity contribution in [2.45, 2.75) is 19.0 Å². The Morgan fingerprint density at radius 2 is 1.86 bits per heavy atom. The molecule has 0 spiro atoms. The van der Waals surface area contributed by atoms with E-state index >= 15 is 0 Å². The van der Waals surface area contributed by atoms with Crippen LogP contribution in [0.3, 0.4) is 0 Å². The third kappa shape index (κ3) is 2.40. The molecule has 7 heteroatoms. The normalized spacial score (nSPS) is 11.0. The topological polar surface area (TPSA) is 73.0 Å². The van der Waals surface area contributed by atoms with Crippen LogP contribution in [0.1, 0.15) is 27.3 Å². The van der Waals surface area contributed by atoms with Crippen LogP contribution in [0.25, 0.3) is 5.78 Å². The van der Waals surface area contributed by atoms with Crippen molar-refractivity contribution in [2.75, 3.05) is 6.26 Å². The molecule has 1 aromatic carbocycles. The molecule has 0 fully saturated rings. The summed E-state index contributed by atoms with van der Waals surface area (Å²) in [4.78, 5) is 16.7. The van der Waals surface area contributed by atoms with E-state index in [1.54, 1.807) is 23.6 Å². The number of hydrogen-bond acceptors (Lipinski definition) is 6. The molecule has 0 N–H and O–H groups in total. The first-order valence-corrected chi connectivity index (χ1v) is 7.58. The number of carbonyl (C=O) groups excluding carboxylic acids is 1. The fourth-order valence-electron chi connectivity index (χ4n) is 1.98. The molecule has 0 atom stereocenters. The fourth-order valence-corrected chi connectivity index (χ4v) is 2.32. The Morgan fingerprint density at radius 1 is 1.14 bits per heavy atom. The summed E-state index contributed by atoms with van der Waals surface area (Å²) in [5.41, 5.74) is 2.62. The molecule has 3 rings (SSSR count). The van der Waals surface area contributed by atoms with Crippen LogP contribution in [-0.4, -0.2) is 36.8 Å². The second-order valence-electron chi connectivity index (χ2n) is 4.64. The number of ketones is 1. The molecular weight excluding hydrogens is 286 g/mol. The maximum atomic E-state index is 12.5. The zero-order valence-corrected chi connectivity index (χ0v) is 12.7. The summed E-state index contributed by atoms with van der Waals surface area (Å²) in [6.45, 7) is 3.77. The van der Waals surface area contributed by atoms with E-state index in [4.69, 9.17) is 0 Å². The highest BCUT2D eigenvalue weighted by atomic mass is 32.2. The molecule has 0 aliphatic rings. The first-order valence-electron chi connectivity index (χ1n) is 6.35. The van der Waals surface area contributed by atoms with Gasteiger partial charge in [0.05, 0.1) is 5.69 Å². The van der Waals surface area contributed by atoms with E-state index in [2.05, 4.69) is 20.3 Å². The van der Waals surface area contributed by atoms with E-state index in [9.17, 15) is 4.79 Å². The third-order valence-corrected chi connectivity index (χ3v) is 3.72. The number of carbonyl (C=O) groups is 1. The number of aryl methyl sites for hydroxylation is 2. The van der Waals surface area contributed by atoms with Gasteiger partial charge in [0, 0.05) is 5.56 Å². The van der Waals surface area contributed by atoms with E-state index in [1.807, 2.05) is 25.3 Å². The summed E-state index contributed by atoms with van der Waals surface area (Å²) in [7, 11) is 0. The predicted molar refractivity (Wildman–Crippen MR) is 79.7 cm³/mol. The first-order chi connectivity index (χ1) is 10.1. The Hall–Kier alpha value is -2.28. The number of thioether (sulfide) groups is 1. The molecule has 2 aromatic heterocycles.